The van der Waals surface area contributed by atoms with Gasteiger partial charge in [0.15, 0.2) is 0 Å². The predicted octanol–water partition coefficient (Wildman–Crippen LogP) is -1.23. The van der Waals surface area contributed by atoms with Crippen molar-refractivity contribution >= 4 is 0 Å². The first-order valence-electron chi connectivity index (χ1n) is 5.28. The maximum absolute atomic E-state index is 13.5. The third kappa shape index (κ3) is 1.60. The average Bonchev–Trinajstić information content (AvgIpc) is 2.78. The van der Waals surface area contributed by atoms with Crippen molar-refractivity contribution < 1.29 is 19.0 Å². The lowest BCUT2D eigenvalue weighted by molar-refractivity contribution is 0.00811. The molecule has 0 spiro atoms. The molecule has 1 aromatic rings. The van der Waals surface area contributed by atoms with E-state index in [9.17, 15) is 18.4 Å². The zero-order valence-electron chi connectivity index (χ0n) is 9.27. The molecule has 1 aliphatic carbocycles. The lowest BCUT2D eigenvalue weighted by Gasteiger charge is -2.09. The largest absolute Gasteiger partial charge is 0.395 e. The first kappa shape index (κ1) is 12.9. The fraction of sp³-hybridized carbons (Fsp3) is 0.600. The molecule has 0 bridgehead atoms. The quantitative estimate of drug-likeness (QED) is 0.633. The maximum atomic E-state index is 13.5. The van der Waals surface area contributed by atoms with Crippen LogP contribution in [0.4, 0.5) is 8.78 Å². The molecule has 3 N–H and O–H groups in total. The minimum Gasteiger partial charge on any atom is -0.395 e. The van der Waals surface area contributed by atoms with E-state index in [-0.39, 0.29) is 6.54 Å². The van der Waals surface area contributed by atoms with E-state index in [0.717, 1.165) is 16.8 Å². The van der Waals surface area contributed by atoms with E-state index in [2.05, 4.69) is 0 Å². The van der Waals surface area contributed by atoms with Crippen LogP contribution in [0.2, 0.25) is 0 Å². The molecule has 6 nitrogen and oxygen atoms in total. The Morgan fingerprint density at radius 2 is 1.94 bits per heavy atom. The van der Waals surface area contributed by atoms with Crippen LogP contribution in [0.3, 0.4) is 0 Å². The molecular formula is C10H12F2N2O4. The van der Waals surface area contributed by atoms with E-state index in [1.54, 1.807) is 0 Å². The van der Waals surface area contributed by atoms with Gasteiger partial charge in [-0.25, -0.2) is 13.6 Å². The number of aliphatic hydroxyl groups is 2. The fourth-order valence-corrected chi connectivity index (χ4v) is 2.15. The highest BCUT2D eigenvalue weighted by atomic mass is 19.3. The average molecular weight is 262 g/mol. The molecule has 0 radical (unpaired) electrons. The molecule has 1 aliphatic rings. The third-order valence-corrected chi connectivity index (χ3v) is 3.53. The van der Waals surface area contributed by atoms with Gasteiger partial charge >= 0.3 is 5.69 Å². The summed E-state index contributed by atoms with van der Waals surface area (Å²) in [6, 6.07) is 1.04. The summed E-state index contributed by atoms with van der Waals surface area (Å²) in [5, 5.41) is 17.9. The van der Waals surface area contributed by atoms with Crippen molar-refractivity contribution in [3.05, 3.63) is 33.1 Å². The summed E-state index contributed by atoms with van der Waals surface area (Å²) in [4.78, 5) is 24.1. The zero-order chi connectivity index (χ0) is 13.6. The van der Waals surface area contributed by atoms with Crippen molar-refractivity contribution in [2.45, 2.75) is 12.5 Å². The van der Waals surface area contributed by atoms with E-state index in [1.807, 2.05) is 4.98 Å². The van der Waals surface area contributed by atoms with E-state index < -0.39 is 41.7 Å². The molecule has 0 unspecified atom stereocenters. The van der Waals surface area contributed by atoms with Crippen molar-refractivity contribution in [2.24, 2.45) is 11.3 Å². The summed E-state index contributed by atoms with van der Waals surface area (Å²) in [5.41, 5.74) is -3.30. The SMILES string of the molecule is O=c1ccn(C[C@@H]2C(F)(F)C2(CO)CO)c(=O)[nH]1. The minimum atomic E-state index is -3.23. The van der Waals surface area contributed by atoms with Gasteiger partial charge < -0.3 is 14.8 Å². The number of H-pyrrole nitrogens is 1. The van der Waals surface area contributed by atoms with Gasteiger partial charge in [0.1, 0.15) is 0 Å². The number of rotatable bonds is 4. The highest BCUT2D eigenvalue weighted by Gasteiger charge is 2.80. The molecule has 0 aromatic carbocycles. The number of hydrogen-bond donors (Lipinski definition) is 3. The Balaban J connectivity index is 2.26. The van der Waals surface area contributed by atoms with Gasteiger partial charge in [0, 0.05) is 18.8 Å². The molecule has 1 atom stereocenters. The van der Waals surface area contributed by atoms with Crippen LogP contribution in [0.25, 0.3) is 0 Å². The van der Waals surface area contributed by atoms with Crippen LogP contribution in [0.15, 0.2) is 21.9 Å². The Kier molecular flexibility index (Phi) is 2.86. The molecule has 1 aromatic heterocycles. The van der Waals surface area contributed by atoms with Crippen molar-refractivity contribution in [3.8, 4) is 0 Å². The lowest BCUT2D eigenvalue weighted by atomic mass is 10.1. The summed E-state index contributed by atoms with van der Waals surface area (Å²) >= 11 is 0. The molecular weight excluding hydrogens is 250 g/mol. The van der Waals surface area contributed by atoms with Gasteiger partial charge in [-0.1, -0.05) is 0 Å². The van der Waals surface area contributed by atoms with Gasteiger partial charge in [0.25, 0.3) is 11.5 Å². The molecule has 18 heavy (non-hydrogen) atoms. The van der Waals surface area contributed by atoms with Gasteiger partial charge in [0.05, 0.1) is 24.5 Å². The van der Waals surface area contributed by atoms with Crippen molar-refractivity contribution in [1.82, 2.24) is 9.55 Å². The van der Waals surface area contributed by atoms with Gasteiger partial charge in [0.2, 0.25) is 0 Å². The molecule has 1 fully saturated rings. The number of aliphatic hydroxyl groups excluding tert-OH is 2. The summed E-state index contributed by atoms with van der Waals surface area (Å²) in [6.07, 6.45) is 1.11. The van der Waals surface area contributed by atoms with E-state index in [0.29, 0.717) is 0 Å². The van der Waals surface area contributed by atoms with Crippen LogP contribution >= 0.6 is 0 Å². The van der Waals surface area contributed by atoms with Gasteiger partial charge in [-0.05, 0) is 0 Å². The number of aromatic amines is 1. The van der Waals surface area contributed by atoms with Crippen molar-refractivity contribution in [1.29, 1.82) is 0 Å². The highest BCUT2D eigenvalue weighted by molar-refractivity contribution is 5.17. The van der Waals surface area contributed by atoms with Crippen LogP contribution in [0.1, 0.15) is 0 Å². The molecule has 8 heteroatoms. The van der Waals surface area contributed by atoms with Crippen LogP contribution in [0.5, 0.6) is 0 Å². The second kappa shape index (κ2) is 3.99. The van der Waals surface area contributed by atoms with Crippen LogP contribution in [-0.4, -0.2) is 38.9 Å². The van der Waals surface area contributed by atoms with Crippen molar-refractivity contribution in [2.75, 3.05) is 13.2 Å². The molecule has 0 amide bonds. The first-order valence-corrected chi connectivity index (χ1v) is 5.28. The molecule has 1 saturated carbocycles. The maximum Gasteiger partial charge on any atom is 0.328 e. The molecule has 2 rings (SSSR count). The fourth-order valence-electron chi connectivity index (χ4n) is 2.15. The number of nitrogens with zero attached hydrogens (tertiary/aromatic N) is 1. The summed E-state index contributed by atoms with van der Waals surface area (Å²) < 4.78 is 27.9. The van der Waals surface area contributed by atoms with Gasteiger partial charge in [-0.2, -0.15) is 0 Å². The number of nitrogens with one attached hydrogen (secondary N) is 1. The Labute approximate surface area is 99.5 Å². The number of halogens is 2. The highest BCUT2D eigenvalue weighted by Crippen LogP contribution is 2.65. The molecule has 0 aliphatic heterocycles. The van der Waals surface area contributed by atoms with Crippen LogP contribution in [0, 0.1) is 11.3 Å². The topological polar surface area (TPSA) is 95.3 Å². The Hall–Kier alpha value is -1.54. The second-order valence-electron chi connectivity index (χ2n) is 4.41. The number of alkyl halides is 2. The number of hydrogen-bond acceptors (Lipinski definition) is 4. The Bertz CT molecular complexity index is 561. The lowest BCUT2D eigenvalue weighted by Crippen LogP contribution is -2.30. The Morgan fingerprint density at radius 3 is 2.39 bits per heavy atom. The molecule has 100 valence electrons. The number of aromatic nitrogens is 2. The monoisotopic (exact) mass is 262 g/mol. The Morgan fingerprint density at radius 1 is 1.33 bits per heavy atom. The van der Waals surface area contributed by atoms with E-state index >= 15 is 0 Å². The predicted molar refractivity (Wildman–Crippen MR) is 56.4 cm³/mol. The summed E-state index contributed by atoms with van der Waals surface area (Å²) in [6.45, 7) is -2.09. The molecule has 1 heterocycles. The standard InChI is InChI=1S/C10H12F2N2O4/c11-10(12)6(9(10,4-15)5-16)3-14-2-1-7(17)13-8(14)18/h1-2,6,15-16H,3-5H2,(H,13,17,18)/t6-/m0/s1. The van der Waals surface area contributed by atoms with Crippen molar-refractivity contribution in [3.63, 3.8) is 0 Å². The third-order valence-electron chi connectivity index (χ3n) is 3.53. The smallest absolute Gasteiger partial charge is 0.328 e. The first-order chi connectivity index (χ1) is 8.39. The summed E-state index contributed by atoms with van der Waals surface area (Å²) in [7, 11) is 0. The second-order valence-corrected chi connectivity index (χ2v) is 4.41. The van der Waals surface area contributed by atoms with Gasteiger partial charge in [-0.3, -0.25) is 9.78 Å². The molecule has 0 saturated heterocycles. The van der Waals surface area contributed by atoms with E-state index in [4.69, 9.17) is 10.2 Å². The normalized spacial score (nSPS) is 23.9. The minimum absolute atomic E-state index is 0.371. The van der Waals surface area contributed by atoms with Crippen LogP contribution in [-0.2, 0) is 6.54 Å². The van der Waals surface area contributed by atoms with E-state index in [1.165, 1.54) is 0 Å². The van der Waals surface area contributed by atoms with Gasteiger partial charge in [-0.15, -0.1) is 0 Å². The summed E-state index contributed by atoms with van der Waals surface area (Å²) in [5.74, 6) is -4.56. The zero-order valence-corrected chi connectivity index (χ0v) is 9.27. The van der Waals surface area contributed by atoms with Crippen LogP contribution < -0.4 is 11.2 Å².